The van der Waals surface area contributed by atoms with Crippen LogP contribution >= 0.6 is 0 Å². The van der Waals surface area contributed by atoms with Crippen LogP contribution in [-0.4, -0.2) is 67.8 Å². The first-order valence-electron chi connectivity index (χ1n) is 11.3. The van der Waals surface area contributed by atoms with Crippen molar-refractivity contribution < 1.29 is 19.4 Å². The van der Waals surface area contributed by atoms with E-state index in [1.165, 1.54) is 0 Å². The monoisotopic (exact) mass is 459 g/mol. The third-order valence-corrected chi connectivity index (χ3v) is 6.06. The Morgan fingerprint density at radius 1 is 0.882 bits per heavy atom. The Kier molecular flexibility index (Phi) is 7.44. The van der Waals surface area contributed by atoms with Crippen molar-refractivity contribution in [1.82, 2.24) is 10.2 Å². The number of nitrogens with one attached hydrogen (secondary N) is 1. The van der Waals surface area contributed by atoms with Crippen molar-refractivity contribution in [3.05, 3.63) is 84.4 Å². The molecule has 0 radical (unpaired) electrons. The van der Waals surface area contributed by atoms with Gasteiger partial charge in [0.1, 0.15) is 11.8 Å². The molecule has 3 aromatic rings. The Hall–Kier alpha value is -3.84. The largest absolute Gasteiger partial charge is 0.495 e. The molecule has 1 aliphatic rings. The van der Waals surface area contributed by atoms with Crippen LogP contribution < -0.4 is 15.0 Å². The number of carbonyl (C=O) groups is 2. The molecule has 0 aliphatic carbocycles. The van der Waals surface area contributed by atoms with Crippen LogP contribution in [0.15, 0.2) is 78.9 Å². The van der Waals surface area contributed by atoms with Crippen molar-refractivity contribution >= 4 is 17.5 Å². The average molecular weight is 460 g/mol. The summed E-state index contributed by atoms with van der Waals surface area (Å²) in [7, 11) is 1.64. The molecule has 0 saturated carbocycles. The maximum Gasteiger partial charge on any atom is 0.251 e. The predicted octanol–water partition coefficient (Wildman–Crippen LogP) is 2.80. The van der Waals surface area contributed by atoms with Gasteiger partial charge in [-0.05, 0) is 35.4 Å². The molecule has 1 saturated heterocycles. The third-order valence-electron chi connectivity index (χ3n) is 6.06. The Morgan fingerprint density at radius 2 is 1.50 bits per heavy atom. The second-order valence-electron chi connectivity index (χ2n) is 8.14. The Bertz CT molecular complexity index is 1110. The van der Waals surface area contributed by atoms with Crippen molar-refractivity contribution in [3.8, 4) is 16.9 Å². The SMILES string of the molecule is COc1ccccc1N1CCN(C(=O)C(CO)NC(=O)c2ccc(-c3ccccc3)cc2)CC1. The molecule has 2 amide bonds. The number of piperazine rings is 1. The number of ether oxygens (including phenoxy) is 1. The van der Waals surface area contributed by atoms with E-state index in [0.29, 0.717) is 31.7 Å². The van der Waals surface area contributed by atoms with Crippen LogP contribution in [0.1, 0.15) is 10.4 Å². The number of rotatable bonds is 7. The lowest BCUT2D eigenvalue weighted by Gasteiger charge is -2.37. The number of aliphatic hydroxyl groups is 1. The molecule has 1 fully saturated rings. The Balaban J connectivity index is 1.35. The number of hydrogen-bond acceptors (Lipinski definition) is 5. The zero-order valence-corrected chi connectivity index (χ0v) is 19.2. The van der Waals surface area contributed by atoms with E-state index in [2.05, 4.69) is 10.2 Å². The highest BCUT2D eigenvalue weighted by molar-refractivity contribution is 5.98. The second kappa shape index (κ2) is 10.9. The molecular weight excluding hydrogens is 430 g/mol. The van der Waals surface area contributed by atoms with Crippen LogP contribution in [0.25, 0.3) is 11.1 Å². The number of aliphatic hydroxyl groups excluding tert-OH is 1. The summed E-state index contributed by atoms with van der Waals surface area (Å²) in [4.78, 5) is 29.6. The van der Waals surface area contributed by atoms with E-state index in [1.807, 2.05) is 66.7 Å². The van der Waals surface area contributed by atoms with Gasteiger partial charge in [-0.25, -0.2) is 0 Å². The van der Waals surface area contributed by atoms with Crippen LogP contribution in [0, 0.1) is 0 Å². The van der Waals surface area contributed by atoms with Crippen molar-refractivity contribution in [3.63, 3.8) is 0 Å². The summed E-state index contributed by atoms with van der Waals surface area (Å²) in [5, 5.41) is 12.5. The zero-order chi connectivity index (χ0) is 23.9. The fraction of sp³-hybridized carbons (Fsp3) is 0.259. The standard InChI is InChI=1S/C27H29N3O4/c1-34-25-10-6-5-9-24(25)29-15-17-30(18-16-29)27(33)23(19-31)28-26(32)22-13-11-21(12-14-22)20-7-3-2-4-8-20/h2-14,23,31H,15-19H2,1H3,(H,28,32). The highest BCUT2D eigenvalue weighted by Crippen LogP contribution is 2.28. The van der Waals surface area contributed by atoms with Crippen LogP contribution in [-0.2, 0) is 4.79 Å². The first kappa shape index (κ1) is 23.3. The minimum Gasteiger partial charge on any atom is -0.495 e. The Morgan fingerprint density at radius 3 is 2.15 bits per heavy atom. The molecule has 34 heavy (non-hydrogen) atoms. The molecule has 2 N–H and O–H groups in total. The van der Waals surface area contributed by atoms with Crippen LogP contribution in [0.4, 0.5) is 5.69 Å². The highest BCUT2D eigenvalue weighted by Gasteiger charge is 2.29. The van der Waals surface area contributed by atoms with E-state index < -0.39 is 12.6 Å². The summed E-state index contributed by atoms with van der Waals surface area (Å²) < 4.78 is 5.44. The van der Waals surface area contributed by atoms with Gasteiger partial charge in [0.25, 0.3) is 5.91 Å². The fourth-order valence-corrected chi connectivity index (χ4v) is 4.15. The number of carbonyl (C=O) groups excluding carboxylic acids is 2. The summed E-state index contributed by atoms with van der Waals surface area (Å²) >= 11 is 0. The van der Waals surface area contributed by atoms with E-state index in [0.717, 1.165) is 22.6 Å². The second-order valence-corrected chi connectivity index (χ2v) is 8.14. The van der Waals surface area contributed by atoms with Gasteiger partial charge in [-0.2, -0.15) is 0 Å². The van der Waals surface area contributed by atoms with Gasteiger partial charge in [-0.15, -0.1) is 0 Å². The number of hydrogen-bond donors (Lipinski definition) is 2. The number of benzene rings is 3. The summed E-state index contributed by atoms with van der Waals surface area (Å²) in [5.74, 6) is 0.122. The van der Waals surface area contributed by atoms with E-state index >= 15 is 0 Å². The smallest absolute Gasteiger partial charge is 0.251 e. The minimum absolute atomic E-state index is 0.281. The van der Waals surface area contributed by atoms with E-state index in [1.54, 1.807) is 24.1 Å². The zero-order valence-electron chi connectivity index (χ0n) is 19.2. The van der Waals surface area contributed by atoms with Gasteiger partial charge in [0.15, 0.2) is 0 Å². The summed E-state index contributed by atoms with van der Waals surface area (Å²) in [6, 6.07) is 23.9. The molecule has 1 heterocycles. The van der Waals surface area contributed by atoms with Gasteiger partial charge >= 0.3 is 0 Å². The molecule has 0 aromatic heterocycles. The predicted molar refractivity (Wildman–Crippen MR) is 132 cm³/mol. The summed E-state index contributed by atoms with van der Waals surface area (Å²) in [6.07, 6.45) is 0. The molecule has 1 atom stereocenters. The van der Waals surface area contributed by atoms with Crippen molar-refractivity contribution in [2.75, 3.05) is 44.8 Å². The number of para-hydroxylation sites is 2. The molecular formula is C27H29N3O4. The molecule has 7 nitrogen and oxygen atoms in total. The van der Waals surface area contributed by atoms with Gasteiger partial charge in [0.05, 0.1) is 19.4 Å². The normalized spacial score (nSPS) is 14.4. The average Bonchev–Trinajstić information content (AvgIpc) is 2.92. The fourth-order valence-electron chi connectivity index (χ4n) is 4.15. The van der Waals surface area contributed by atoms with Crippen LogP contribution in [0.5, 0.6) is 5.75 Å². The van der Waals surface area contributed by atoms with Gasteiger partial charge in [0.2, 0.25) is 5.91 Å². The summed E-state index contributed by atoms with van der Waals surface area (Å²) in [6.45, 7) is 1.81. The van der Waals surface area contributed by atoms with E-state index in [4.69, 9.17) is 4.74 Å². The topological polar surface area (TPSA) is 82.1 Å². The van der Waals surface area contributed by atoms with Gasteiger partial charge in [0, 0.05) is 31.7 Å². The molecule has 1 aliphatic heterocycles. The van der Waals surface area contributed by atoms with E-state index in [9.17, 15) is 14.7 Å². The number of nitrogens with zero attached hydrogens (tertiary/aromatic N) is 2. The molecule has 0 spiro atoms. The first-order valence-corrected chi connectivity index (χ1v) is 11.3. The van der Waals surface area contributed by atoms with Crippen molar-refractivity contribution in [2.24, 2.45) is 0 Å². The molecule has 3 aromatic carbocycles. The quantitative estimate of drug-likeness (QED) is 0.568. The molecule has 0 bridgehead atoms. The minimum atomic E-state index is -0.987. The first-order chi connectivity index (χ1) is 16.6. The van der Waals surface area contributed by atoms with Crippen molar-refractivity contribution in [2.45, 2.75) is 6.04 Å². The van der Waals surface area contributed by atoms with Crippen molar-refractivity contribution in [1.29, 1.82) is 0 Å². The number of methoxy groups -OCH3 is 1. The molecule has 7 heteroatoms. The van der Waals surface area contributed by atoms with Gasteiger partial charge in [-0.3, -0.25) is 9.59 Å². The highest BCUT2D eigenvalue weighted by atomic mass is 16.5. The van der Waals surface area contributed by atoms with Gasteiger partial charge in [-0.1, -0.05) is 54.6 Å². The lowest BCUT2D eigenvalue weighted by atomic mass is 10.0. The lowest BCUT2D eigenvalue weighted by molar-refractivity contribution is -0.134. The maximum atomic E-state index is 13.0. The summed E-state index contributed by atoms with van der Waals surface area (Å²) in [5.41, 5.74) is 3.49. The molecule has 4 rings (SSSR count). The Labute approximate surface area is 199 Å². The van der Waals surface area contributed by atoms with Gasteiger partial charge < -0.3 is 25.0 Å². The van der Waals surface area contributed by atoms with E-state index in [-0.39, 0.29) is 11.8 Å². The number of amides is 2. The number of anilines is 1. The third kappa shape index (κ3) is 5.21. The lowest BCUT2D eigenvalue weighted by Crippen LogP contribution is -2.56. The van der Waals surface area contributed by atoms with Crippen LogP contribution in [0.3, 0.4) is 0 Å². The maximum absolute atomic E-state index is 13.0. The van der Waals surface area contributed by atoms with Crippen LogP contribution in [0.2, 0.25) is 0 Å². The molecule has 1 unspecified atom stereocenters. The molecule has 176 valence electrons.